The lowest BCUT2D eigenvalue weighted by Crippen LogP contribution is -2.35. The Balaban J connectivity index is 4.02. The first-order valence-corrected chi connectivity index (χ1v) is 6.68. The van der Waals surface area contributed by atoms with E-state index in [9.17, 15) is 5.11 Å². The molecular formula is C13H28O4. The van der Waals surface area contributed by atoms with Crippen LogP contribution in [0.4, 0.5) is 0 Å². The first kappa shape index (κ1) is 16.8. The molecule has 17 heavy (non-hydrogen) atoms. The second-order valence-electron chi connectivity index (χ2n) is 4.56. The Labute approximate surface area is 105 Å². The molecule has 4 nitrogen and oxygen atoms in total. The van der Waals surface area contributed by atoms with Crippen molar-refractivity contribution in [3.05, 3.63) is 0 Å². The largest absolute Gasteiger partial charge is 0.396 e. The first-order valence-electron chi connectivity index (χ1n) is 6.68. The van der Waals surface area contributed by atoms with Gasteiger partial charge in [-0.2, -0.15) is 0 Å². The lowest BCUT2D eigenvalue weighted by atomic mass is 10.1. The third-order valence-corrected chi connectivity index (χ3v) is 2.55. The zero-order valence-corrected chi connectivity index (χ0v) is 11.4. The average molecular weight is 248 g/mol. The molecule has 0 aromatic carbocycles. The monoisotopic (exact) mass is 248 g/mol. The van der Waals surface area contributed by atoms with E-state index in [0.717, 1.165) is 25.7 Å². The van der Waals surface area contributed by atoms with Crippen molar-refractivity contribution in [2.45, 2.75) is 71.4 Å². The molecule has 0 radical (unpaired) electrons. The standard InChI is InChI=1S/C13H28O4/c1-4-6-9-13(3,15)17-12(8-10-14)16-11-7-5-2/h12,14-15H,4-11H2,1-3H3. The Morgan fingerprint density at radius 1 is 1.18 bits per heavy atom. The van der Waals surface area contributed by atoms with Gasteiger partial charge in [0.2, 0.25) is 0 Å². The van der Waals surface area contributed by atoms with E-state index in [4.69, 9.17) is 14.6 Å². The van der Waals surface area contributed by atoms with E-state index < -0.39 is 12.1 Å². The van der Waals surface area contributed by atoms with Crippen LogP contribution < -0.4 is 0 Å². The molecule has 0 aromatic rings. The Kier molecular flexibility index (Phi) is 9.74. The van der Waals surface area contributed by atoms with E-state index in [2.05, 4.69) is 13.8 Å². The molecule has 0 saturated carbocycles. The number of unbranched alkanes of at least 4 members (excludes halogenated alkanes) is 2. The summed E-state index contributed by atoms with van der Waals surface area (Å²) in [6.07, 6.45) is 4.40. The molecule has 2 unspecified atom stereocenters. The van der Waals surface area contributed by atoms with Crippen molar-refractivity contribution in [1.29, 1.82) is 0 Å². The van der Waals surface area contributed by atoms with Gasteiger partial charge in [-0.3, -0.25) is 0 Å². The molecular weight excluding hydrogens is 220 g/mol. The number of ether oxygens (including phenoxy) is 2. The van der Waals surface area contributed by atoms with Crippen molar-refractivity contribution < 1.29 is 19.7 Å². The number of aliphatic hydroxyl groups is 2. The third-order valence-electron chi connectivity index (χ3n) is 2.55. The smallest absolute Gasteiger partial charge is 0.165 e. The Morgan fingerprint density at radius 3 is 2.35 bits per heavy atom. The summed E-state index contributed by atoms with van der Waals surface area (Å²) in [5.74, 6) is -1.16. The second-order valence-corrected chi connectivity index (χ2v) is 4.56. The van der Waals surface area contributed by atoms with Crippen LogP contribution in [-0.2, 0) is 9.47 Å². The van der Waals surface area contributed by atoms with Crippen LogP contribution in [0.25, 0.3) is 0 Å². The van der Waals surface area contributed by atoms with Crippen molar-refractivity contribution in [2.24, 2.45) is 0 Å². The van der Waals surface area contributed by atoms with Crippen LogP contribution in [0.5, 0.6) is 0 Å². The highest BCUT2D eigenvalue weighted by atomic mass is 16.7. The highest BCUT2D eigenvalue weighted by Crippen LogP contribution is 2.19. The summed E-state index contributed by atoms with van der Waals surface area (Å²) in [6, 6.07) is 0. The quantitative estimate of drug-likeness (QED) is 0.435. The molecule has 0 aromatic heterocycles. The minimum Gasteiger partial charge on any atom is -0.396 e. The maximum Gasteiger partial charge on any atom is 0.165 e. The molecule has 0 aliphatic rings. The summed E-state index contributed by atoms with van der Waals surface area (Å²) in [6.45, 7) is 6.41. The van der Waals surface area contributed by atoms with Crippen LogP contribution in [0.1, 0.15) is 59.3 Å². The topological polar surface area (TPSA) is 58.9 Å². The zero-order valence-electron chi connectivity index (χ0n) is 11.4. The van der Waals surface area contributed by atoms with Crippen LogP contribution in [0, 0.1) is 0 Å². The molecule has 0 amide bonds. The average Bonchev–Trinajstić information content (AvgIpc) is 2.26. The first-order chi connectivity index (χ1) is 8.05. The van der Waals surface area contributed by atoms with Gasteiger partial charge < -0.3 is 19.7 Å². The van der Waals surface area contributed by atoms with Gasteiger partial charge in [0, 0.05) is 26.1 Å². The minimum atomic E-state index is -1.16. The van der Waals surface area contributed by atoms with Crippen molar-refractivity contribution in [2.75, 3.05) is 13.2 Å². The second kappa shape index (κ2) is 9.83. The summed E-state index contributed by atoms with van der Waals surface area (Å²) >= 11 is 0. The lowest BCUT2D eigenvalue weighted by Gasteiger charge is -2.29. The van der Waals surface area contributed by atoms with Gasteiger partial charge in [-0.25, -0.2) is 0 Å². The summed E-state index contributed by atoms with van der Waals surface area (Å²) < 4.78 is 11.0. The van der Waals surface area contributed by atoms with Gasteiger partial charge in [0.25, 0.3) is 0 Å². The van der Waals surface area contributed by atoms with E-state index >= 15 is 0 Å². The molecule has 0 aliphatic heterocycles. The molecule has 2 atom stereocenters. The molecule has 104 valence electrons. The summed E-state index contributed by atoms with van der Waals surface area (Å²) in [5, 5.41) is 18.9. The van der Waals surface area contributed by atoms with Crippen molar-refractivity contribution in [1.82, 2.24) is 0 Å². The van der Waals surface area contributed by atoms with Crippen molar-refractivity contribution in [3.63, 3.8) is 0 Å². The zero-order chi connectivity index (χ0) is 13.1. The predicted molar refractivity (Wildman–Crippen MR) is 67.6 cm³/mol. The predicted octanol–water partition coefficient (Wildman–Crippen LogP) is 2.43. The van der Waals surface area contributed by atoms with E-state index in [1.165, 1.54) is 0 Å². The molecule has 0 heterocycles. The Hall–Kier alpha value is -0.160. The van der Waals surface area contributed by atoms with Gasteiger partial charge in [-0.15, -0.1) is 0 Å². The molecule has 0 fully saturated rings. The van der Waals surface area contributed by atoms with E-state index in [1.807, 2.05) is 0 Å². The van der Waals surface area contributed by atoms with Gasteiger partial charge in [-0.1, -0.05) is 26.7 Å². The summed E-state index contributed by atoms with van der Waals surface area (Å²) in [7, 11) is 0. The van der Waals surface area contributed by atoms with Crippen molar-refractivity contribution >= 4 is 0 Å². The molecule has 4 heteroatoms. The van der Waals surface area contributed by atoms with Gasteiger partial charge in [0.05, 0.1) is 0 Å². The van der Waals surface area contributed by atoms with Crippen LogP contribution >= 0.6 is 0 Å². The highest BCUT2D eigenvalue weighted by molar-refractivity contribution is 4.61. The van der Waals surface area contributed by atoms with Gasteiger partial charge in [0.1, 0.15) is 0 Å². The van der Waals surface area contributed by atoms with E-state index in [0.29, 0.717) is 19.4 Å². The Bertz CT molecular complexity index is 171. The fraction of sp³-hybridized carbons (Fsp3) is 1.00. The maximum absolute atomic E-state index is 10.0. The lowest BCUT2D eigenvalue weighted by molar-refractivity contribution is -0.288. The maximum atomic E-state index is 10.0. The summed E-state index contributed by atoms with van der Waals surface area (Å²) in [4.78, 5) is 0. The SMILES string of the molecule is CCCCOC(CCO)OC(C)(O)CCCC. The number of hydrogen-bond donors (Lipinski definition) is 2. The van der Waals surface area contributed by atoms with Gasteiger partial charge >= 0.3 is 0 Å². The number of hydrogen-bond acceptors (Lipinski definition) is 4. The molecule has 0 bridgehead atoms. The summed E-state index contributed by atoms with van der Waals surface area (Å²) in [5.41, 5.74) is 0. The fourth-order valence-electron chi connectivity index (χ4n) is 1.49. The normalized spacial score (nSPS) is 16.8. The fourth-order valence-corrected chi connectivity index (χ4v) is 1.49. The minimum absolute atomic E-state index is 0.000644. The molecule has 0 spiro atoms. The highest BCUT2D eigenvalue weighted by Gasteiger charge is 2.25. The van der Waals surface area contributed by atoms with Gasteiger partial charge in [-0.05, 0) is 19.8 Å². The van der Waals surface area contributed by atoms with E-state index in [-0.39, 0.29) is 6.61 Å². The van der Waals surface area contributed by atoms with Crippen LogP contribution in [0.2, 0.25) is 0 Å². The Morgan fingerprint density at radius 2 is 1.82 bits per heavy atom. The number of aliphatic hydroxyl groups excluding tert-OH is 1. The van der Waals surface area contributed by atoms with Gasteiger partial charge in [0.15, 0.2) is 12.1 Å². The molecule has 0 aliphatic carbocycles. The molecule has 0 rings (SSSR count). The van der Waals surface area contributed by atoms with Crippen LogP contribution in [-0.4, -0.2) is 35.5 Å². The molecule has 0 saturated heterocycles. The van der Waals surface area contributed by atoms with Crippen LogP contribution in [0.3, 0.4) is 0 Å². The third kappa shape index (κ3) is 9.53. The number of rotatable bonds is 11. The van der Waals surface area contributed by atoms with Crippen molar-refractivity contribution in [3.8, 4) is 0 Å². The molecule has 2 N–H and O–H groups in total. The van der Waals surface area contributed by atoms with E-state index in [1.54, 1.807) is 6.92 Å². The van der Waals surface area contributed by atoms with Crippen LogP contribution in [0.15, 0.2) is 0 Å².